The molecule has 0 amide bonds. The first kappa shape index (κ1) is 13.0. The summed E-state index contributed by atoms with van der Waals surface area (Å²) in [7, 11) is 0. The van der Waals surface area contributed by atoms with E-state index in [1.807, 2.05) is 30.3 Å². The molecule has 0 aliphatic carbocycles. The zero-order chi connectivity index (χ0) is 12.0. The van der Waals surface area contributed by atoms with Crippen LogP contribution in [0.4, 0.5) is 0 Å². The lowest BCUT2D eigenvalue weighted by Crippen LogP contribution is -2.25. The van der Waals surface area contributed by atoms with Crippen LogP contribution >= 0.6 is 0 Å². The normalized spacial score (nSPS) is 13.5. The van der Waals surface area contributed by atoms with Crippen molar-refractivity contribution in [2.45, 2.75) is 33.3 Å². The number of rotatable bonds is 5. The molecule has 0 fully saturated rings. The first-order valence-electron chi connectivity index (χ1n) is 5.79. The van der Waals surface area contributed by atoms with Crippen molar-refractivity contribution < 1.29 is 9.47 Å². The van der Waals surface area contributed by atoms with Crippen LogP contribution in [0.25, 0.3) is 0 Å². The van der Waals surface area contributed by atoms with Gasteiger partial charge in [-0.05, 0) is 32.9 Å². The quantitative estimate of drug-likeness (QED) is 0.759. The zero-order valence-electron chi connectivity index (χ0n) is 10.7. The topological polar surface area (TPSA) is 18.5 Å². The van der Waals surface area contributed by atoms with Crippen LogP contribution in [0.1, 0.15) is 27.7 Å². The first-order chi connectivity index (χ1) is 7.47. The van der Waals surface area contributed by atoms with E-state index >= 15 is 0 Å². The molecule has 0 aliphatic rings. The summed E-state index contributed by atoms with van der Waals surface area (Å²) in [6.07, 6.45) is 0. The second-order valence-corrected chi connectivity index (χ2v) is 5.15. The third kappa shape index (κ3) is 5.76. The number of benzene rings is 1. The Balaban J connectivity index is 2.23. The second-order valence-electron chi connectivity index (χ2n) is 5.15. The largest absolute Gasteiger partial charge is 0.493 e. The Morgan fingerprint density at radius 1 is 1.06 bits per heavy atom. The van der Waals surface area contributed by atoms with Crippen molar-refractivity contribution in [2.24, 2.45) is 5.92 Å². The lowest BCUT2D eigenvalue weighted by Gasteiger charge is -2.22. The maximum atomic E-state index is 5.70. The van der Waals surface area contributed by atoms with E-state index in [9.17, 15) is 0 Å². The Hall–Kier alpha value is -1.02. The van der Waals surface area contributed by atoms with Gasteiger partial charge in [0.05, 0.1) is 18.8 Å². The molecule has 0 spiro atoms. The van der Waals surface area contributed by atoms with E-state index in [-0.39, 0.29) is 5.60 Å². The van der Waals surface area contributed by atoms with Crippen LogP contribution in [0, 0.1) is 5.92 Å². The second kappa shape index (κ2) is 5.90. The average molecular weight is 222 g/mol. The molecule has 0 aliphatic heterocycles. The van der Waals surface area contributed by atoms with Crippen LogP contribution in [-0.2, 0) is 4.74 Å². The van der Waals surface area contributed by atoms with Crippen molar-refractivity contribution in [3.05, 3.63) is 30.3 Å². The summed E-state index contributed by atoms with van der Waals surface area (Å²) >= 11 is 0. The van der Waals surface area contributed by atoms with E-state index < -0.39 is 0 Å². The molecule has 90 valence electrons. The standard InChI is InChI=1S/C14H22O2/c1-12(11-16-14(2,3)4)10-15-13-8-6-5-7-9-13/h5-9,12H,10-11H2,1-4H3. The molecule has 0 bridgehead atoms. The highest BCUT2D eigenvalue weighted by Crippen LogP contribution is 2.12. The van der Waals surface area contributed by atoms with Crippen LogP contribution in [0.3, 0.4) is 0 Å². The van der Waals surface area contributed by atoms with Gasteiger partial charge in [0.2, 0.25) is 0 Å². The SMILES string of the molecule is CC(COc1ccccc1)COC(C)(C)C. The van der Waals surface area contributed by atoms with Crippen molar-refractivity contribution >= 4 is 0 Å². The predicted octanol–water partition coefficient (Wildman–Crippen LogP) is 3.52. The van der Waals surface area contributed by atoms with E-state index in [4.69, 9.17) is 9.47 Å². The fraction of sp³-hybridized carbons (Fsp3) is 0.571. The minimum atomic E-state index is -0.0684. The number of hydrogen-bond donors (Lipinski definition) is 0. The van der Waals surface area contributed by atoms with Gasteiger partial charge in [-0.2, -0.15) is 0 Å². The highest BCUT2D eigenvalue weighted by molar-refractivity contribution is 5.20. The lowest BCUT2D eigenvalue weighted by molar-refractivity contribution is -0.0257. The van der Waals surface area contributed by atoms with Gasteiger partial charge >= 0.3 is 0 Å². The predicted molar refractivity (Wildman–Crippen MR) is 66.8 cm³/mol. The molecule has 0 saturated heterocycles. The lowest BCUT2D eigenvalue weighted by atomic mass is 10.1. The number of para-hydroxylation sites is 1. The third-order valence-corrected chi connectivity index (χ3v) is 2.08. The third-order valence-electron chi connectivity index (χ3n) is 2.08. The molecule has 0 saturated carbocycles. The first-order valence-corrected chi connectivity index (χ1v) is 5.79. The Bertz CT molecular complexity index is 287. The Morgan fingerprint density at radius 2 is 1.69 bits per heavy atom. The molecular weight excluding hydrogens is 200 g/mol. The van der Waals surface area contributed by atoms with Gasteiger partial charge in [-0.1, -0.05) is 25.1 Å². The minimum absolute atomic E-state index is 0.0684. The molecular formula is C14H22O2. The maximum Gasteiger partial charge on any atom is 0.119 e. The molecule has 2 nitrogen and oxygen atoms in total. The summed E-state index contributed by atoms with van der Waals surface area (Å²) in [5, 5.41) is 0. The molecule has 0 heterocycles. The van der Waals surface area contributed by atoms with Gasteiger partial charge in [-0.15, -0.1) is 0 Å². The van der Waals surface area contributed by atoms with Crippen molar-refractivity contribution in [3.63, 3.8) is 0 Å². The molecule has 16 heavy (non-hydrogen) atoms. The van der Waals surface area contributed by atoms with Crippen LogP contribution in [-0.4, -0.2) is 18.8 Å². The van der Waals surface area contributed by atoms with Crippen molar-refractivity contribution in [1.82, 2.24) is 0 Å². The van der Waals surface area contributed by atoms with Gasteiger partial charge in [0.15, 0.2) is 0 Å². The summed E-state index contributed by atoms with van der Waals surface area (Å²) < 4.78 is 11.4. The summed E-state index contributed by atoms with van der Waals surface area (Å²) in [6.45, 7) is 9.76. The zero-order valence-corrected chi connectivity index (χ0v) is 10.7. The maximum absolute atomic E-state index is 5.70. The van der Waals surface area contributed by atoms with E-state index in [1.54, 1.807) is 0 Å². The summed E-state index contributed by atoms with van der Waals surface area (Å²) in [4.78, 5) is 0. The summed E-state index contributed by atoms with van der Waals surface area (Å²) in [6, 6.07) is 9.88. The van der Waals surface area contributed by atoms with Crippen molar-refractivity contribution in [2.75, 3.05) is 13.2 Å². The average Bonchev–Trinajstić information content (AvgIpc) is 2.24. The smallest absolute Gasteiger partial charge is 0.119 e. The molecule has 0 radical (unpaired) electrons. The Labute approximate surface area is 98.6 Å². The van der Waals surface area contributed by atoms with Gasteiger partial charge in [-0.3, -0.25) is 0 Å². The van der Waals surface area contributed by atoms with E-state index in [0.717, 1.165) is 12.4 Å². The van der Waals surface area contributed by atoms with Crippen LogP contribution < -0.4 is 4.74 Å². The molecule has 1 atom stereocenters. The highest BCUT2D eigenvalue weighted by atomic mass is 16.5. The molecule has 0 N–H and O–H groups in total. The summed E-state index contributed by atoms with van der Waals surface area (Å²) in [5.74, 6) is 1.32. The van der Waals surface area contributed by atoms with Crippen LogP contribution in [0.5, 0.6) is 5.75 Å². The summed E-state index contributed by atoms with van der Waals surface area (Å²) in [5.41, 5.74) is -0.0684. The monoisotopic (exact) mass is 222 g/mol. The van der Waals surface area contributed by atoms with Gasteiger partial charge < -0.3 is 9.47 Å². The van der Waals surface area contributed by atoms with Crippen molar-refractivity contribution in [1.29, 1.82) is 0 Å². The molecule has 1 rings (SSSR count). The van der Waals surface area contributed by atoms with E-state index in [2.05, 4.69) is 27.7 Å². The Morgan fingerprint density at radius 3 is 2.25 bits per heavy atom. The molecule has 0 aromatic heterocycles. The minimum Gasteiger partial charge on any atom is -0.493 e. The van der Waals surface area contributed by atoms with E-state index in [1.165, 1.54) is 0 Å². The van der Waals surface area contributed by atoms with Gasteiger partial charge in [0, 0.05) is 5.92 Å². The van der Waals surface area contributed by atoms with Crippen LogP contribution in [0.2, 0.25) is 0 Å². The highest BCUT2D eigenvalue weighted by Gasteiger charge is 2.12. The molecule has 1 aromatic rings. The van der Waals surface area contributed by atoms with Gasteiger partial charge in [0.25, 0.3) is 0 Å². The molecule has 2 heteroatoms. The fourth-order valence-electron chi connectivity index (χ4n) is 1.20. The number of hydrogen-bond acceptors (Lipinski definition) is 2. The molecule has 1 aromatic carbocycles. The van der Waals surface area contributed by atoms with Gasteiger partial charge in [0.1, 0.15) is 5.75 Å². The Kier molecular flexibility index (Phi) is 4.81. The number of ether oxygens (including phenoxy) is 2. The van der Waals surface area contributed by atoms with E-state index in [0.29, 0.717) is 12.5 Å². The van der Waals surface area contributed by atoms with Crippen LogP contribution in [0.15, 0.2) is 30.3 Å². The van der Waals surface area contributed by atoms with Gasteiger partial charge in [-0.25, -0.2) is 0 Å². The molecule has 1 unspecified atom stereocenters. The fourth-order valence-corrected chi connectivity index (χ4v) is 1.20. The van der Waals surface area contributed by atoms with Crippen molar-refractivity contribution in [3.8, 4) is 5.75 Å².